The van der Waals surface area contributed by atoms with E-state index in [9.17, 15) is 31.5 Å². The molecule has 0 spiro atoms. The van der Waals surface area contributed by atoms with Gasteiger partial charge >= 0.3 is 12.3 Å². The molecule has 0 bridgehead atoms. The van der Waals surface area contributed by atoms with Crippen LogP contribution in [0.3, 0.4) is 0 Å². The zero-order valence-electron chi connectivity index (χ0n) is 25.6. The fourth-order valence-corrected chi connectivity index (χ4v) is 5.38. The predicted octanol–water partition coefficient (Wildman–Crippen LogP) is 5.56. The second-order valence-electron chi connectivity index (χ2n) is 11.4. The summed E-state index contributed by atoms with van der Waals surface area (Å²) in [7, 11) is 0. The van der Waals surface area contributed by atoms with Gasteiger partial charge < -0.3 is 31.2 Å². The predicted molar refractivity (Wildman–Crippen MR) is 162 cm³/mol. The molecule has 3 aromatic rings. The van der Waals surface area contributed by atoms with Crippen LogP contribution in [0.4, 0.5) is 36.8 Å². The average Bonchev–Trinajstić information content (AvgIpc) is 3.01. The first-order valence-corrected chi connectivity index (χ1v) is 15.0. The number of ether oxygens (including phenoxy) is 2. The number of amides is 2. The summed E-state index contributed by atoms with van der Waals surface area (Å²) in [6, 6.07) is 11.6. The number of rotatable bonds is 12. The van der Waals surface area contributed by atoms with E-state index in [1.54, 1.807) is 18.3 Å². The van der Waals surface area contributed by atoms with E-state index in [0.717, 1.165) is 6.92 Å². The number of hydrogen-bond donors (Lipinski definition) is 4. The third-order valence-electron chi connectivity index (χ3n) is 8.05. The van der Waals surface area contributed by atoms with E-state index in [4.69, 9.17) is 15.2 Å². The van der Waals surface area contributed by atoms with E-state index in [0.29, 0.717) is 23.2 Å². The highest BCUT2D eigenvalue weighted by Crippen LogP contribution is 2.33. The van der Waals surface area contributed by atoms with Gasteiger partial charge in [-0.15, -0.1) is 0 Å². The number of alkyl halides is 3. The molecular formula is C33H36F6N4O4. The van der Waals surface area contributed by atoms with Crippen molar-refractivity contribution in [3.8, 4) is 0 Å². The molecule has 14 heteroatoms. The van der Waals surface area contributed by atoms with Crippen LogP contribution < -0.4 is 21.7 Å². The van der Waals surface area contributed by atoms with Gasteiger partial charge in [0.2, 0.25) is 5.91 Å². The van der Waals surface area contributed by atoms with Crippen LogP contribution in [0.15, 0.2) is 66.7 Å². The van der Waals surface area contributed by atoms with Crippen molar-refractivity contribution in [2.24, 2.45) is 5.73 Å². The van der Waals surface area contributed by atoms with E-state index in [1.165, 1.54) is 60.7 Å². The molecule has 0 aliphatic carbocycles. The Kier molecular flexibility index (Phi) is 11.7. The summed E-state index contributed by atoms with van der Waals surface area (Å²) in [5.41, 5.74) is 7.45. The van der Waals surface area contributed by atoms with Gasteiger partial charge in [-0.05, 0) is 74.2 Å². The van der Waals surface area contributed by atoms with Gasteiger partial charge in [0.05, 0.1) is 18.2 Å². The lowest BCUT2D eigenvalue weighted by Crippen LogP contribution is -2.54. The van der Waals surface area contributed by atoms with Crippen LogP contribution in [0.25, 0.3) is 0 Å². The van der Waals surface area contributed by atoms with E-state index in [1.807, 2.05) is 0 Å². The van der Waals surface area contributed by atoms with E-state index in [2.05, 4.69) is 10.6 Å². The number of nitrogens with two attached hydrogens (primary N) is 1. The SMILES string of the molecule is C[C@@H]1O[C@H](CCc2c(F)cccc2N[C@H](C(N)=O)C(c2ccc(F)cc2)c2ccc(F)cc2)CN[C@@H]1COC(=O)N[C@H](C)C(F)(F)F. The maximum atomic E-state index is 15.2. The molecule has 0 saturated carbocycles. The van der Waals surface area contributed by atoms with E-state index < -0.39 is 71.9 Å². The van der Waals surface area contributed by atoms with Crippen LogP contribution in [-0.4, -0.2) is 61.7 Å². The molecule has 1 heterocycles. The lowest BCUT2D eigenvalue weighted by atomic mass is 9.84. The molecule has 0 aromatic heterocycles. The van der Waals surface area contributed by atoms with Crippen LogP contribution >= 0.6 is 0 Å². The molecule has 5 N–H and O–H groups in total. The first kappa shape index (κ1) is 35.6. The highest BCUT2D eigenvalue weighted by atomic mass is 19.4. The molecular weight excluding hydrogens is 630 g/mol. The van der Waals surface area contributed by atoms with Gasteiger partial charge in [0, 0.05) is 23.7 Å². The Hall–Kier alpha value is -4.30. The summed E-state index contributed by atoms with van der Waals surface area (Å²) in [5, 5.41) is 7.96. The summed E-state index contributed by atoms with van der Waals surface area (Å²) in [6.45, 7) is 2.57. The van der Waals surface area contributed by atoms with Crippen LogP contribution in [-0.2, 0) is 20.7 Å². The van der Waals surface area contributed by atoms with Crippen LogP contribution in [0.5, 0.6) is 0 Å². The Labute approximate surface area is 268 Å². The van der Waals surface area contributed by atoms with Crippen molar-refractivity contribution in [3.63, 3.8) is 0 Å². The fourth-order valence-electron chi connectivity index (χ4n) is 5.38. The van der Waals surface area contributed by atoms with Crippen LogP contribution in [0.2, 0.25) is 0 Å². The van der Waals surface area contributed by atoms with Gasteiger partial charge in [0.1, 0.15) is 36.1 Å². The van der Waals surface area contributed by atoms with Crippen molar-refractivity contribution in [3.05, 3.63) is 101 Å². The maximum absolute atomic E-state index is 15.2. The lowest BCUT2D eigenvalue weighted by molar-refractivity contribution is -0.150. The Morgan fingerprint density at radius 1 is 1.00 bits per heavy atom. The number of benzene rings is 3. The second kappa shape index (κ2) is 15.5. The Balaban J connectivity index is 1.44. The number of hydrogen-bond acceptors (Lipinski definition) is 6. The number of carbonyl (C=O) groups excluding carboxylic acids is 2. The number of halogens is 6. The van der Waals surface area contributed by atoms with Gasteiger partial charge in [0.25, 0.3) is 0 Å². The number of morpholine rings is 1. The molecule has 0 radical (unpaired) electrons. The second-order valence-corrected chi connectivity index (χ2v) is 11.4. The standard InChI is InChI=1S/C33H36F6N4O4/c1-18-28(17-46-32(45)42-19(2)33(37,38)39)41-16-24(47-18)14-15-25-26(36)4-3-5-27(25)43-30(31(40)44)29(20-6-10-22(34)11-7-20)21-8-12-23(35)13-9-21/h3-13,18-19,24,28-30,41,43H,14-17H2,1-2H3,(H2,40,44)(H,42,45)/t18-,19+,24+,28+,30-/m0/s1. The van der Waals surface area contributed by atoms with Gasteiger partial charge in [-0.1, -0.05) is 30.3 Å². The molecule has 5 atom stereocenters. The molecule has 1 fully saturated rings. The topological polar surface area (TPSA) is 115 Å². The normalized spacial score (nSPS) is 19.6. The Morgan fingerprint density at radius 3 is 2.13 bits per heavy atom. The first-order valence-electron chi connectivity index (χ1n) is 15.0. The van der Waals surface area contributed by atoms with Gasteiger partial charge in [-0.25, -0.2) is 18.0 Å². The quantitative estimate of drug-likeness (QED) is 0.189. The molecule has 4 rings (SSSR count). The highest BCUT2D eigenvalue weighted by molar-refractivity contribution is 5.85. The van der Waals surface area contributed by atoms with Crippen molar-refractivity contribution in [1.82, 2.24) is 10.6 Å². The van der Waals surface area contributed by atoms with Crippen LogP contribution in [0, 0.1) is 17.5 Å². The zero-order valence-corrected chi connectivity index (χ0v) is 25.6. The van der Waals surface area contributed by atoms with Gasteiger partial charge in [-0.3, -0.25) is 4.79 Å². The third kappa shape index (κ3) is 9.61. The number of primary amides is 1. The van der Waals surface area contributed by atoms with Crippen molar-refractivity contribution in [1.29, 1.82) is 0 Å². The molecule has 1 aliphatic heterocycles. The Morgan fingerprint density at radius 2 is 1.60 bits per heavy atom. The number of anilines is 1. The third-order valence-corrected chi connectivity index (χ3v) is 8.05. The fraction of sp³-hybridized carbons (Fsp3) is 0.394. The lowest BCUT2D eigenvalue weighted by Gasteiger charge is -2.35. The molecule has 3 aromatic carbocycles. The number of alkyl carbamates (subject to hydrolysis) is 1. The molecule has 1 aliphatic rings. The maximum Gasteiger partial charge on any atom is 0.408 e. The largest absolute Gasteiger partial charge is 0.448 e. The minimum atomic E-state index is -4.60. The van der Waals surface area contributed by atoms with Crippen molar-refractivity contribution in [2.75, 3.05) is 18.5 Å². The van der Waals surface area contributed by atoms with E-state index in [-0.39, 0.29) is 25.1 Å². The summed E-state index contributed by atoms with van der Waals surface area (Å²) in [5.74, 6) is -3.08. The summed E-state index contributed by atoms with van der Waals surface area (Å²) in [4.78, 5) is 24.7. The van der Waals surface area contributed by atoms with Crippen molar-refractivity contribution < 1.29 is 45.4 Å². The summed E-state index contributed by atoms with van der Waals surface area (Å²) < 4.78 is 91.8. The average molecular weight is 667 g/mol. The monoisotopic (exact) mass is 666 g/mol. The minimum Gasteiger partial charge on any atom is -0.448 e. The molecule has 0 unspecified atom stereocenters. The summed E-state index contributed by atoms with van der Waals surface area (Å²) >= 11 is 0. The highest BCUT2D eigenvalue weighted by Gasteiger charge is 2.38. The van der Waals surface area contributed by atoms with Gasteiger partial charge in [0.15, 0.2) is 0 Å². The van der Waals surface area contributed by atoms with E-state index >= 15 is 4.39 Å². The molecule has 1 saturated heterocycles. The first-order chi connectivity index (χ1) is 22.2. The Bertz CT molecular complexity index is 1460. The zero-order chi connectivity index (χ0) is 34.3. The number of nitrogens with one attached hydrogen (secondary N) is 3. The minimum absolute atomic E-state index is 0.177. The molecule has 2 amide bonds. The van der Waals surface area contributed by atoms with Crippen molar-refractivity contribution in [2.45, 2.75) is 69.1 Å². The summed E-state index contributed by atoms with van der Waals surface area (Å²) in [6.07, 6.45) is -6.19. The molecule has 254 valence electrons. The molecule has 47 heavy (non-hydrogen) atoms. The molecule has 8 nitrogen and oxygen atoms in total. The smallest absolute Gasteiger partial charge is 0.408 e. The van der Waals surface area contributed by atoms with Crippen LogP contribution in [0.1, 0.15) is 42.9 Å². The van der Waals surface area contributed by atoms with Crippen molar-refractivity contribution >= 4 is 17.7 Å². The number of carbonyl (C=O) groups is 2. The van der Waals surface area contributed by atoms with Gasteiger partial charge in [-0.2, -0.15) is 13.2 Å².